The van der Waals surface area contributed by atoms with Gasteiger partial charge in [-0.2, -0.15) is 13.2 Å². The molecule has 26 heavy (non-hydrogen) atoms. The monoisotopic (exact) mass is 387 g/mol. The second-order valence-corrected chi connectivity index (χ2v) is 7.65. The molecule has 0 spiro atoms. The number of aliphatic hydroxyl groups excluding tert-OH is 1. The molecule has 142 valence electrons. The maximum absolute atomic E-state index is 12.5. The van der Waals surface area contributed by atoms with Gasteiger partial charge in [0.2, 0.25) is 10.0 Å². The molecule has 1 unspecified atom stereocenters. The van der Waals surface area contributed by atoms with Crippen LogP contribution in [-0.2, 0) is 22.6 Å². The highest BCUT2D eigenvalue weighted by molar-refractivity contribution is 7.89. The van der Waals surface area contributed by atoms with Crippen LogP contribution in [0, 0.1) is 0 Å². The first-order valence-corrected chi connectivity index (χ1v) is 9.55. The first-order valence-electron chi connectivity index (χ1n) is 8.07. The fourth-order valence-corrected chi connectivity index (χ4v) is 3.45. The molecule has 0 aliphatic rings. The van der Waals surface area contributed by atoms with Crippen molar-refractivity contribution in [3.63, 3.8) is 0 Å². The standard InChI is InChI=1S/C18H20F3NO3S/c1-2-3-13-4-10-16(11-5-13)26(24,25)22-12-17(23)14-6-8-15(9-7-14)18(19,20)21/h4-11,17,22-23H,2-3,12H2,1H3. The van der Waals surface area contributed by atoms with Gasteiger partial charge in [0.1, 0.15) is 0 Å². The highest BCUT2D eigenvalue weighted by atomic mass is 32.2. The van der Waals surface area contributed by atoms with E-state index in [-0.39, 0.29) is 17.0 Å². The minimum Gasteiger partial charge on any atom is -0.387 e. The summed E-state index contributed by atoms with van der Waals surface area (Å²) in [6.45, 7) is 1.68. The van der Waals surface area contributed by atoms with Crippen LogP contribution in [0.4, 0.5) is 13.2 Å². The van der Waals surface area contributed by atoms with E-state index in [1.165, 1.54) is 12.1 Å². The van der Waals surface area contributed by atoms with Gasteiger partial charge in [-0.25, -0.2) is 13.1 Å². The second-order valence-electron chi connectivity index (χ2n) is 5.88. The van der Waals surface area contributed by atoms with Crippen molar-refractivity contribution in [2.45, 2.75) is 36.9 Å². The lowest BCUT2D eigenvalue weighted by Gasteiger charge is -2.14. The molecule has 2 rings (SSSR count). The number of sulfonamides is 1. The van der Waals surface area contributed by atoms with Crippen LogP contribution >= 0.6 is 0 Å². The van der Waals surface area contributed by atoms with Crippen LogP contribution in [-0.4, -0.2) is 20.1 Å². The molecular weight excluding hydrogens is 367 g/mol. The molecule has 0 bridgehead atoms. The number of aryl methyl sites for hydroxylation is 1. The van der Waals surface area contributed by atoms with Crippen molar-refractivity contribution in [1.29, 1.82) is 0 Å². The van der Waals surface area contributed by atoms with Crippen LogP contribution in [0.15, 0.2) is 53.4 Å². The summed E-state index contributed by atoms with van der Waals surface area (Å²) < 4.78 is 64.4. The van der Waals surface area contributed by atoms with Gasteiger partial charge in [-0.1, -0.05) is 37.6 Å². The molecule has 0 aliphatic carbocycles. The summed E-state index contributed by atoms with van der Waals surface area (Å²) in [5.41, 5.74) is 0.386. The van der Waals surface area contributed by atoms with Crippen LogP contribution in [0.25, 0.3) is 0 Å². The molecule has 2 aromatic carbocycles. The highest BCUT2D eigenvalue weighted by Gasteiger charge is 2.30. The Bertz CT molecular complexity index is 816. The Labute approximate surface area is 150 Å². The molecule has 1 atom stereocenters. The second kappa shape index (κ2) is 8.20. The topological polar surface area (TPSA) is 66.4 Å². The average molecular weight is 387 g/mol. The normalized spacial score (nSPS) is 13.6. The summed E-state index contributed by atoms with van der Waals surface area (Å²) in [6, 6.07) is 10.4. The first-order chi connectivity index (χ1) is 12.1. The van der Waals surface area contributed by atoms with Crippen molar-refractivity contribution < 1.29 is 26.7 Å². The number of halogens is 3. The molecular formula is C18H20F3NO3S. The maximum atomic E-state index is 12.5. The number of hydrogen-bond acceptors (Lipinski definition) is 3. The molecule has 0 saturated carbocycles. The minimum absolute atomic E-state index is 0.0666. The van der Waals surface area contributed by atoms with Gasteiger partial charge in [0.15, 0.2) is 0 Å². The van der Waals surface area contributed by atoms with Gasteiger partial charge in [-0.3, -0.25) is 0 Å². The van der Waals surface area contributed by atoms with E-state index in [1.807, 2.05) is 6.92 Å². The van der Waals surface area contributed by atoms with E-state index in [9.17, 15) is 26.7 Å². The van der Waals surface area contributed by atoms with E-state index in [4.69, 9.17) is 0 Å². The van der Waals surface area contributed by atoms with Gasteiger partial charge in [0.05, 0.1) is 16.6 Å². The van der Waals surface area contributed by atoms with Gasteiger partial charge < -0.3 is 5.11 Å². The smallest absolute Gasteiger partial charge is 0.387 e. The summed E-state index contributed by atoms with van der Waals surface area (Å²) in [5, 5.41) is 10.0. The zero-order valence-corrected chi connectivity index (χ0v) is 14.9. The predicted molar refractivity (Wildman–Crippen MR) is 92.0 cm³/mol. The summed E-state index contributed by atoms with van der Waals surface area (Å²) in [7, 11) is -3.82. The molecule has 4 nitrogen and oxygen atoms in total. The van der Waals surface area contributed by atoms with Crippen molar-refractivity contribution in [2.75, 3.05) is 6.54 Å². The zero-order chi connectivity index (χ0) is 19.4. The summed E-state index contributed by atoms with van der Waals surface area (Å²) in [4.78, 5) is 0.0666. The van der Waals surface area contributed by atoms with Gasteiger partial charge >= 0.3 is 6.18 Å². The third-order valence-corrected chi connectivity index (χ3v) is 5.30. The van der Waals surface area contributed by atoms with E-state index < -0.39 is 27.9 Å². The van der Waals surface area contributed by atoms with Crippen LogP contribution in [0.1, 0.15) is 36.1 Å². The molecule has 0 fully saturated rings. The van der Waals surface area contributed by atoms with Crippen molar-refractivity contribution >= 4 is 10.0 Å². The lowest BCUT2D eigenvalue weighted by atomic mass is 10.1. The van der Waals surface area contributed by atoms with Crippen molar-refractivity contribution in [1.82, 2.24) is 4.72 Å². The van der Waals surface area contributed by atoms with Crippen LogP contribution in [0.2, 0.25) is 0 Å². The van der Waals surface area contributed by atoms with E-state index >= 15 is 0 Å². The molecule has 0 aromatic heterocycles. The molecule has 0 heterocycles. The Morgan fingerprint density at radius 3 is 2.12 bits per heavy atom. The van der Waals surface area contributed by atoms with Crippen LogP contribution in [0.5, 0.6) is 0 Å². The van der Waals surface area contributed by atoms with Gasteiger partial charge in [0.25, 0.3) is 0 Å². The number of aliphatic hydroxyl groups is 1. The number of benzene rings is 2. The summed E-state index contributed by atoms with van der Waals surface area (Å²) in [6.07, 6.45) is -3.93. The molecule has 0 aliphatic heterocycles. The summed E-state index contributed by atoms with van der Waals surface area (Å²) in [5.74, 6) is 0. The number of hydrogen-bond donors (Lipinski definition) is 2. The zero-order valence-electron chi connectivity index (χ0n) is 14.1. The minimum atomic E-state index is -4.46. The molecule has 0 amide bonds. The van der Waals surface area contributed by atoms with Crippen molar-refractivity contribution in [2.24, 2.45) is 0 Å². The quantitative estimate of drug-likeness (QED) is 0.762. The molecule has 8 heteroatoms. The molecule has 0 saturated heterocycles. The van der Waals surface area contributed by atoms with E-state index in [0.717, 1.165) is 42.7 Å². The van der Waals surface area contributed by atoms with Crippen LogP contribution < -0.4 is 4.72 Å². The number of rotatable bonds is 7. The fourth-order valence-electron chi connectivity index (χ4n) is 2.41. The Morgan fingerprint density at radius 2 is 1.62 bits per heavy atom. The Balaban J connectivity index is 2.02. The Morgan fingerprint density at radius 1 is 1.04 bits per heavy atom. The summed E-state index contributed by atoms with van der Waals surface area (Å²) >= 11 is 0. The van der Waals surface area contributed by atoms with Gasteiger partial charge in [-0.15, -0.1) is 0 Å². The van der Waals surface area contributed by atoms with Crippen molar-refractivity contribution in [3.8, 4) is 0 Å². The van der Waals surface area contributed by atoms with E-state index in [2.05, 4.69) is 4.72 Å². The Kier molecular flexibility index (Phi) is 6.44. The third kappa shape index (κ3) is 5.30. The lowest BCUT2D eigenvalue weighted by Crippen LogP contribution is -2.28. The molecule has 2 aromatic rings. The van der Waals surface area contributed by atoms with Gasteiger partial charge in [0, 0.05) is 6.54 Å². The number of alkyl halides is 3. The van der Waals surface area contributed by atoms with E-state index in [1.54, 1.807) is 12.1 Å². The first kappa shape index (κ1) is 20.4. The number of nitrogens with one attached hydrogen (secondary N) is 1. The SMILES string of the molecule is CCCc1ccc(S(=O)(=O)NCC(O)c2ccc(C(F)(F)F)cc2)cc1. The molecule has 2 N–H and O–H groups in total. The molecule has 0 radical (unpaired) electrons. The average Bonchev–Trinajstić information content (AvgIpc) is 2.60. The largest absolute Gasteiger partial charge is 0.416 e. The fraction of sp³-hybridized carbons (Fsp3) is 0.333. The Hall–Kier alpha value is -1.90. The predicted octanol–water partition coefficient (Wildman–Crippen LogP) is 3.67. The highest BCUT2D eigenvalue weighted by Crippen LogP contribution is 2.29. The lowest BCUT2D eigenvalue weighted by molar-refractivity contribution is -0.137. The third-order valence-electron chi connectivity index (χ3n) is 3.86. The van der Waals surface area contributed by atoms with Gasteiger partial charge in [-0.05, 0) is 41.8 Å². The van der Waals surface area contributed by atoms with Crippen molar-refractivity contribution in [3.05, 3.63) is 65.2 Å². The van der Waals surface area contributed by atoms with E-state index in [0.29, 0.717) is 0 Å². The maximum Gasteiger partial charge on any atom is 0.416 e. The van der Waals surface area contributed by atoms with Crippen LogP contribution in [0.3, 0.4) is 0 Å².